The smallest absolute Gasteiger partial charge is 0.305 e. The van der Waals surface area contributed by atoms with Crippen molar-refractivity contribution in [3.8, 4) is 0 Å². The van der Waals surface area contributed by atoms with Crippen molar-refractivity contribution in [1.82, 2.24) is 0 Å². The van der Waals surface area contributed by atoms with Crippen LogP contribution in [0.5, 0.6) is 0 Å². The van der Waals surface area contributed by atoms with Crippen LogP contribution in [-0.2, 0) is 14.3 Å². The minimum absolute atomic E-state index is 0.0874. The Morgan fingerprint density at radius 2 is 1.47 bits per heavy atom. The molecule has 0 unspecified atom stereocenters. The number of aliphatic hydroxyl groups excluding tert-OH is 1. The van der Waals surface area contributed by atoms with E-state index in [1.54, 1.807) is 13.8 Å². The lowest BCUT2D eigenvalue weighted by Crippen LogP contribution is -2.07. The molecular formula is C36H39N3O4. The van der Waals surface area contributed by atoms with Gasteiger partial charge in [0.25, 0.3) is 0 Å². The van der Waals surface area contributed by atoms with E-state index in [1.807, 2.05) is 32.9 Å². The Kier molecular flexibility index (Phi) is 8.19. The molecule has 0 saturated heterocycles. The van der Waals surface area contributed by atoms with Gasteiger partial charge in [-0.2, -0.15) is 0 Å². The molecule has 0 atom stereocenters. The average Bonchev–Trinajstić information content (AvgIpc) is 3.61. The maximum absolute atomic E-state index is 12.9. The number of hydrogen-bond acceptors (Lipinski definition) is 7. The number of aliphatic imine (C=N–C) groups is 3. The summed E-state index contributed by atoms with van der Waals surface area (Å²) in [6, 6.07) is 0. The first kappa shape index (κ1) is 30.1. The number of allylic oxidation sites excluding steroid dienone is 15. The summed E-state index contributed by atoms with van der Waals surface area (Å²) in [5.41, 5.74) is 13.9. The number of esters is 1. The Hall–Kier alpha value is -4.39. The van der Waals surface area contributed by atoms with Crippen LogP contribution in [-0.4, -0.2) is 41.1 Å². The predicted molar refractivity (Wildman–Crippen MR) is 172 cm³/mol. The summed E-state index contributed by atoms with van der Waals surface area (Å²) in [6.07, 6.45) is 11.5. The second-order valence-corrected chi connectivity index (χ2v) is 11.6. The van der Waals surface area contributed by atoms with Crippen molar-refractivity contribution in [2.45, 2.75) is 80.6 Å². The predicted octanol–water partition coefficient (Wildman–Crippen LogP) is 7.79. The van der Waals surface area contributed by atoms with Crippen molar-refractivity contribution in [3.63, 3.8) is 0 Å². The molecule has 5 aliphatic rings. The van der Waals surface area contributed by atoms with E-state index in [4.69, 9.17) is 19.7 Å². The molecule has 7 heteroatoms. The van der Waals surface area contributed by atoms with Crippen molar-refractivity contribution >= 4 is 28.9 Å². The normalized spacial score (nSPS) is 21.1. The van der Waals surface area contributed by atoms with Crippen LogP contribution in [0.3, 0.4) is 0 Å². The summed E-state index contributed by atoms with van der Waals surface area (Å²) in [4.78, 5) is 40.0. The summed E-state index contributed by atoms with van der Waals surface area (Å²) < 4.78 is 4.94. The Morgan fingerprint density at radius 1 is 0.791 bits per heavy atom. The molecule has 0 aromatic rings. The van der Waals surface area contributed by atoms with Crippen LogP contribution >= 0.6 is 0 Å². The third kappa shape index (κ3) is 5.44. The quantitative estimate of drug-likeness (QED) is 0.257. The lowest BCUT2D eigenvalue weighted by Gasteiger charge is -2.08. The lowest BCUT2D eigenvalue weighted by molar-refractivity contribution is -0.140. The minimum Gasteiger partial charge on any atom is -0.512 e. The highest BCUT2D eigenvalue weighted by Crippen LogP contribution is 2.42. The van der Waals surface area contributed by atoms with E-state index in [-0.39, 0.29) is 23.9 Å². The number of aliphatic hydroxyl groups is 1. The second kappa shape index (κ2) is 11.7. The Labute approximate surface area is 253 Å². The second-order valence-electron chi connectivity index (χ2n) is 11.6. The van der Waals surface area contributed by atoms with E-state index < -0.39 is 0 Å². The monoisotopic (exact) mass is 577 g/mol. The van der Waals surface area contributed by atoms with E-state index in [0.717, 1.165) is 58.7 Å². The van der Waals surface area contributed by atoms with Crippen LogP contribution in [0.15, 0.2) is 118 Å². The summed E-state index contributed by atoms with van der Waals surface area (Å²) in [7, 11) is 1.40. The number of ketones is 1. The molecule has 0 spiro atoms. The molecule has 0 fully saturated rings. The van der Waals surface area contributed by atoms with Crippen LogP contribution < -0.4 is 0 Å². The fourth-order valence-electron chi connectivity index (χ4n) is 6.47. The van der Waals surface area contributed by atoms with Gasteiger partial charge in [-0.05, 0) is 130 Å². The molecule has 5 rings (SSSR count). The molecule has 7 nitrogen and oxygen atoms in total. The summed E-state index contributed by atoms with van der Waals surface area (Å²) in [5.74, 6) is -0.165. The number of fused-ring (bicyclic) bond motifs is 5. The largest absolute Gasteiger partial charge is 0.512 e. The third-order valence-electron chi connectivity index (χ3n) is 8.79. The zero-order valence-corrected chi connectivity index (χ0v) is 26.4. The van der Waals surface area contributed by atoms with Gasteiger partial charge in [-0.25, -0.2) is 15.0 Å². The first-order valence-corrected chi connectivity index (χ1v) is 14.9. The van der Waals surface area contributed by atoms with Crippen LogP contribution in [0, 0.1) is 0 Å². The van der Waals surface area contributed by atoms with Crippen LogP contribution in [0.2, 0.25) is 0 Å². The standard InChI is InChI=1S/C36H39N3O4/c1-9-10-26-18(2)24-13-25(26)15-31-27(11-12-34(42)43-8)19(3)29(37-31)16-32-36(23(7)41)21(5)30(39-32)17-33-35(22(6)40)20(4)28(14-24)38-33/h14-17,40H,9-13H2,1-8H3. The number of carbonyl (C=O) groups excluding carboxylic acids is 2. The maximum Gasteiger partial charge on any atom is 0.305 e. The minimum atomic E-state index is -0.268. The molecule has 0 saturated carbocycles. The Balaban J connectivity index is 1.79. The third-order valence-corrected chi connectivity index (χ3v) is 8.79. The highest BCUT2D eigenvalue weighted by Gasteiger charge is 2.30. The molecular weight excluding hydrogens is 538 g/mol. The van der Waals surface area contributed by atoms with Gasteiger partial charge in [0.2, 0.25) is 0 Å². The topological polar surface area (TPSA) is 101 Å². The van der Waals surface area contributed by atoms with E-state index in [0.29, 0.717) is 34.7 Å². The number of carbonyl (C=O) groups is 2. The van der Waals surface area contributed by atoms with Crippen molar-refractivity contribution < 1.29 is 19.4 Å². The van der Waals surface area contributed by atoms with Crippen molar-refractivity contribution in [2.75, 3.05) is 7.11 Å². The van der Waals surface area contributed by atoms with Crippen LogP contribution in [0.25, 0.3) is 0 Å². The van der Waals surface area contributed by atoms with E-state index in [1.165, 1.54) is 29.4 Å². The first-order chi connectivity index (χ1) is 20.4. The zero-order valence-electron chi connectivity index (χ0n) is 26.4. The molecule has 0 amide bonds. The molecule has 4 aliphatic heterocycles. The molecule has 4 heterocycles. The Bertz CT molecular complexity index is 1750. The fraction of sp³-hybridized carbons (Fsp3) is 0.361. The van der Waals surface area contributed by atoms with Crippen molar-refractivity contribution in [2.24, 2.45) is 15.0 Å². The van der Waals surface area contributed by atoms with Crippen molar-refractivity contribution in [3.05, 3.63) is 103 Å². The van der Waals surface area contributed by atoms with E-state index >= 15 is 0 Å². The van der Waals surface area contributed by atoms with Gasteiger partial charge in [-0.3, -0.25) is 9.59 Å². The van der Waals surface area contributed by atoms with Gasteiger partial charge in [-0.1, -0.05) is 13.3 Å². The van der Waals surface area contributed by atoms with Gasteiger partial charge >= 0.3 is 5.97 Å². The molecule has 8 bridgehead atoms. The molecule has 222 valence electrons. The fourth-order valence-corrected chi connectivity index (χ4v) is 6.47. The molecule has 0 aromatic carbocycles. The summed E-state index contributed by atoms with van der Waals surface area (Å²) in [6.45, 7) is 13.5. The molecule has 0 aromatic heterocycles. The molecule has 1 aliphatic carbocycles. The average molecular weight is 578 g/mol. The Morgan fingerprint density at radius 3 is 2.12 bits per heavy atom. The van der Waals surface area contributed by atoms with Gasteiger partial charge in [0.05, 0.1) is 47.1 Å². The van der Waals surface area contributed by atoms with Gasteiger partial charge in [0, 0.05) is 17.6 Å². The van der Waals surface area contributed by atoms with Crippen LogP contribution in [0.4, 0.5) is 0 Å². The lowest BCUT2D eigenvalue weighted by atomic mass is 9.95. The SMILES string of the molecule is CCCC1=C(C)C2=CC3=C(C)C(=C(C)O)C(=N3)C=C3N=C(C=C4N=C(C=C1C2)C(CCC(=O)OC)=C4C)C(C(C)=O)=C3C. The van der Waals surface area contributed by atoms with Gasteiger partial charge in [0.15, 0.2) is 5.78 Å². The van der Waals surface area contributed by atoms with E-state index in [2.05, 4.69) is 26.0 Å². The number of ether oxygens (including phenoxy) is 1. The molecule has 1 N–H and O–H groups in total. The zero-order chi connectivity index (χ0) is 31.2. The number of rotatable bonds is 6. The summed E-state index contributed by atoms with van der Waals surface area (Å²) in [5, 5.41) is 10.7. The highest BCUT2D eigenvalue weighted by atomic mass is 16.5. The van der Waals surface area contributed by atoms with Gasteiger partial charge < -0.3 is 9.84 Å². The van der Waals surface area contributed by atoms with Crippen molar-refractivity contribution in [1.29, 1.82) is 0 Å². The number of methoxy groups -OCH3 is 1. The molecule has 43 heavy (non-hydrogen) atoms. The molecule has 0 radical (unpaired) electrons. The van der Waals surface area contributed by atoms with E-state index in [9.17, 15) is 14.7 Å². The first-order valence-electron chi connectivity index (χ1n) is 14.9. The highest BCUT2D eigenvalue weighted by molar-refractivity contribution is 6.29. The van der Waals surface area contributed by atoms with Gasteiger partial charge in [0.1, 0.15) is 0 Å². The summed E-state index contributed by atoms with van der Waals surface area (Å²) >= 11 is 0. The van der Waals surface area contributed by atoms with Crippen LogP contribution in [0.1, 0.15) is 80.6 Å². The number of hydrogen-bond donors (Lipinski definition) is 1. The number of Topliss-reactive ketones (excluding diaryl/α,β-unsaturated/α-hetero) is 1. The maximum atomic E-state index is 12.9. The van der Waals surface area contributed by atoms with Gasteiger partial charge in [-0.15, -0.1) is 0 Å². The number of nitrogens with zero attached hydrogens (tertiary/aromatic N) is 3.